The maximum absolute atomic E-state index is 11.7. The van der Waals surface area contributed by atoms with E-state index in [2.05, 4.69) is 15.7 Å². The number of nitrogens with zero attached hydrogens (tertiary/aromatic N) is 2. The fourth-order valence-corrected chi connectivity index (χ4v) is 2.57. The summed E-state index contributed by atoms with van der Waals surface area (Å²) in [7, 11) is 1.92. The number of carbonyl (C=O) groups is 1. The van der Waals surface area contributed by atoms with Gasteiger partial charge in [0.2, 0.25) is 5.91 Å². The Kier molecular flexibility index (Phi) is 5.39. The third kappa shape index (κ3) is 4.67. The first kappa shape index (κ1) is 14.1. The molecular weight excluding hydrogens is 240 g/mol. The van der Waals surface area contributed by atoms with Gasteiger partial charge in [0.25, 0.3) is 0 Å². The maximum Gasteiger partial charge on any atom is 0.220 e. The minimum atomic E-state index is 0.181. The van der Waals surface area contributed by atoms with Crippen LogP contribution in [0.2, 0.25) is 0 Å². The molecule has 2 heterocycles. The van der Waals surface area contributed by atoms with Crippen LogP contribution in [0.15, 0.2) is 12.3 Å². The third-order valence-corrected chi connectivity index (χ3v) is 3.86. The SMILES string of the molecule is Cn1nccc1CCNC(=O)CCC1CCNCC1. The molecule has 0 bridgehead atoms. The second kappa shape index (κ2) is 7.28. The fraction of sp³-hybridized carbons (Fsp3) is 0.714. The quantitative estimate of drug-likeness (QED) is 0.801. The zero-order chi connectivity index (χ0) is 13.5. The highest BCUT2D eigenvalue weighted by molar-refractivity contribution is 5.75. The van der Waals surface area contributed by atoms with Gasteiger partial charge < -0.3 is 10.6 Å². The van der Waals surface area contributed by atoms with Crippen molar-refractivity contribution in [2.75, 3.05) is 19.6 Å². The molecule has 1 aliphatic heterocycles. The lowest BCUT2D eigenvalue weighted by Crippen LogP contribution is -2.30. The van der Waals surface area contributed by atoms with Crippen LogP contribution in [0, 0.1) is 5.92 Å². The molecule has 0 unspecified atom stereocenters. The smallest absolute Gasteiger partial charge is 0.220 e. The van der Waals surface area contributed by atoms with Crippen molar-refractivity contribution in [3.05, 3.63) is 18.0 Å². The summed E-state index contributed by atoms with van der Waals surface area (Å²) in [5.74, 6) is 0.907. The topological polar surface area (TPSA) is 59.0 Å². The molecule has 2 rings (SSSR count). The van der Waals surface area contributed by atoms with Crippen LogP contribution < -0.4 is 10.6 Å². The summed E-state index contributed by atoms with van der Waals surface area (Å²) in [4.78, 5) is 11.7. The van der Waals surface area contributed by atoms with Crippen LogP contribution in [0.1, 0.15) is 31.4 Å². The average molecular weight is 264 g/mol. The van der Waals surface area contributed by atoms with Gasteiger partial charge >= 0.3 is 0 Å². The summed E-state index contributed by atoms with van der Waals surface area (Å²) in [6.45, 7) is 2.91. The first-order valence-electron chi connectivity index (χ1n) is 7.20. The van der Waals surface area contributed by atoms with Gasteiger partial charge in [-0.1, -0.05) is 0 Å². The second-order valence-corrected chi connectivity index (χ2v) is 5.28. The zero-order valence-electron chi connectivity index (χ0n) is 11.7. The molecule has 0 aromatic carbocycles. The Hall–Kier alpha value is -1.36. The molecule has 0 spiro atoms. The van der Waals surface area contributed by atoms with Crippen molar-refractivity contribution in [2.24, 2.45) is 13.0 Å². The van der Waals surface area contributed by atoms with Crippen LogP contribution in [-0.2, 0) is 18.3 Å². The normalized spacial score (nSPS) is 16.5. The van der Waals surface area contributed by atoms with Gasteiger partial charge in [-0.2, -0.15) is 5.10 Å². The van der Waals surface area contributed by atoms with Crippen LogP contribution in [0.4, 0.5) is 0 Å². The first-order valence-corrected chi connectivity index (χ1v) is 7.20. The van der Waals surface area contributed by atoms with E-state index in [4.69, 9.17) is 0 Å². The molecule has 106 valence electrons. The van der Waals surface area contributed by atoms with Crippen LogP contribution in [-0.4, -0.2) is 35.3 Å². The Bertz CT molecular complexity index is 396. The molecule has 2 N–H and O–H groups in total. The maximum atomic E-state index is 11.7. The predicted octanol–water partition coefficient (Wildman–Crippen LogP) is 0.859. The van der Waals surface area contributed by atoms with Gasteiger partial charge in [-0.25, -0.2) is 0 Å². The molecule has 1 aliphatic rings. The van der Waals surface area contributed by atoms with Gasteiger partial charge in [0.1, 0.15) is 0 Å². The monoisotopic (exact) mass is 264 g/mol. The highest BCUT2D eigenvalue weighted by atomic mass is 16.1. The third-order valence-electron chi connectivity index (χ3n) is 3.86. The minimum absolute atomic E-state index is 0.181. The van der Waals surface area contributed by atoms with Gasteiger partial charge in [0.05, 0.1) is 0 Å². The van der Waals surface area contributed by atoms with E-state index in [9.17, 15) is 4.79 Å². The molecule has 1 aromatic heterocycles. The number of aryl methyl sites for hydroxylation is 1. The molecule has 5 nitrogen and oxygen atoms in total. The highest BCUT2D eigenvalue weighted by Crippen LogP contribution is 2.17. The van der Waals surface area contributed by atoms with Crippen LogP contribution in [0.3, 0.4) is 0 Å². The summed E-state index contributed by atoms with van der Waals surface area (Å²) >= 11 is 0. The number of piperidine rings is 1. The summed E-state index contributed by atoms with van der Waals surface area (Å²) in [5, 5.41) is 10.5. The summed E-state index contributed by atoms with van der Waals surface area (Å²) in [5.41, 5.74) is 1.15. The van der Waals surface area contributed by atoms with Crippen molar-refractivity contribution < 1.29 is 4.79 Å². The highest BCUT2D eigenvalue weighted by Gasteiger charge is 2.14. The Morgan fingerprint density at radius 3 is 3.00 bits per heavy atom. The van der Waals surface area contributed by atoms with Gasteiger partial charge in [-0.05, 0) is 44.3 Å². The Morgan fingerprint density at radius 2 is 2.32 bits per heavy atom. The summed E-state index contributed by atoms with van der Waals surface area (Å²) in [6.07, 6.45) is 6.74. The van der Waals surface area contributed by atoms with E-state index >= 15 is 0 Å². The molecule has 5 heteroatoms. The molecule has 0 atom stereocenters. The molecule has 0 aliphatic carbocycles. The molecule has 1 aromatic rings. The lowest BCUT2D eigenvalue weighted by Gasteiger charge is -2.22. The molecule has 19 heavy (non-hydrogen) atoms. The minimum Gasteiger partial charge on any atom is -0.356 e. The predicted molar refractivity (Wildman–Crippen MR) is 74.7 cm³/mol. The Balaban J connectivity index is 1.58. The average Bonchev–Trinajstić information content (AvgIpc) is 2.83. The van der Waals surface area contributed by atoms with E-state index in [1.165, 1.54) is 12.8 Å². The van der Waals surface area contributed by atoms with Gasteiger partial charge in [-0.3, -0.25) is 9.48 Å². The van der Waals surface area contributed by atoms with E-state index in [0.717, 1.165) is 37.5 Å². The molecule has 0 radical (unpaired) electrons. The molecule has 1 amide bonds. The summed E-state index contributed by atoms with van der Waals surface area (Å²) in [6, 6.07) is 1.99. The molecule has 0 saturated carbocycles. The van der Waals surface area contributed by atoms with Crippen molar-refractivity contribution in [3.63, 3.8) is 0 Å². The number of amides is 1. The van der Waals surface area contributed by atoms with Crippen molar-refractivity contribution in [2.45, 2.75) is 32.1 Å². The Morgan fingerprint density at radius 1 is 1.53 bits per heavy atom. The van der Waals surface area contributed by atoms with Gasteiger partial charge in [-0.15, -0.1) is 0 Å². The van der Waals surface area contributed by atoms with Crippen molar-refractivity contribution in [1.29, 1.82) is 0 Å². The fourth-order valence-electron chi connectivity index (χ4n) is 2.57. The Labute approximate surface area is 114 Å². The van der Waals surface area contributed by atoms with Crippen LogP contribution in [0.5, 0.6) is 0 Å². The number of rotatable bonds is 6. The molecular formula is C14H24N4O. The van der Waals surface area contributed by atoms with Gasteiger partial charge in [0.15, 0.2) is 0 Å². The summed E-state index contributed by atoms with van der Waals surface area (Å²) < 4.78 is 1.85. The largest absolute Gasteiger partial charge is 0.356 e. The molecule has 1 fully saturated rings. The van der Waals surface area contributed by atoms with E-state index < -0.39 is 0 Å². The van der Waals surface area contributed by atoms with E-state index in [-0.39, 0.29) is 5.91 Å². The zero-order valence-corrected chi connectivity index (χ0v) is 11.7. The number of carbonyl (C=O) groups excluding carboxylic acids is 1. The van der Waals surface area contributed by atoms with Crippen LogP contribution in [0.25, 0.3) is 0 Å². The van der Waals surface area contributed by atoms with Crippen LogP contribution >= 0.6 is 0 Å². The lowest BCUT2D eigenvalue weighted by molar-refractivity contribution is -0.121. The number of hydrogen-bond acceptors (Lipinski definition) is 3. The van der Waals surface area contributed by atoms with Crippen molar-refractivity contribution in [1.82, 2.24) is 20.4 Å². The standard InChI is InChI=1S/C14H24N4O/c1-18-13(7-11-17-18)6-10-16-14(19)3-2-12-4-8-15-9-5-12/h7,11-12,15H,2-6,8-10H2,1H3,(H,16,19). The number of aromatic nitrogens is 2. The van der Waals surface area contributed by atoms with E-state index in [0.29, 0.717) is 13.0 Å². The first-order chi connectivity index (χ1) is 9.25. The van der Waals surface area contributed by atoms with E-state index in [1.54, 1.807) is 6.20 Å². The van der Waals surface area contributed by atoms with Crippen molar-refractivity contribution in [3.8, 4) is 0 Å². The number of hydrogen-bond donors (Lipinski definition) is 2. The van der Waals surface area contributed by atoms with Crippen molar-refractivity contribution >= 4 is 5.91 Å². The second-order valence-electron chi connectivity index (χ2n) is 5.28. The lowest BCUT2D eigenvalue weighted by atomic mass is 9.93. The number of nitrogens with one attached hydrogen (secondary N) is 2. The van der Waals surface area contributed by atoms with Gasteiger partial charge in [0, 0.05) is 38.3 Å². The molecule has 1 saturated heterocycles. The van der Waals surface area contributed by atoms with E-state index in [1.807, 2.05) is 17.8 Å².